The number of nitrogens with zero attached hydrogens (tertiary/aromatic N) is 1. The Balaban J connectivity index is 1.27. The number of likely N-dealkylation sites (tertiary alicyclic amines) is 1. The Morgan fingerprint density at radius 3 is 2.23 bits per heavy atom. The van der Waals surface area contributed by atoms with Crippen LogP contribution in [0.3, 0.4) is 0 Å². The number of aryl methyl sites for hydroxylation is 1. The normalized spacial score (nSPS) is 14.0. The van der Waals surface area contributed by atoms with Crippen LogP contribution in [0.2, 0.25) is 0 Å². The van der Waals surface area contributed by atoms with Gasteiger partial charge in [0.05, 0.1) is 5.69 Å². The van der Waals surface area contributed by atoms with Gasteiger partial charge in [-0.25, -0.2) is 9.59 Å². The fourth-order valence-electron chi connectivity index (χ4n) is 4.98. The maximum atomic E-state index is 12.8. The Morgan fingerprint density at radius 2 is 1.55 bits per heavy atom. The summed E-state index contributed by atoms with van der Waals surface area (Å²) >= 11 is 0. The van der Waals surface area contributed by atoms with E-state index in [1.807, 2.05) is 81.4 Å². The van der Waals surface area contributed by atoms with Crippen molar-refractivity contribution >= 4 is 29.5 Å². The summed E-state index contributed by atoms with van der Waals surface area (Å²) in [5.41, 5.74) is 4.62. The number of anilines is 2. The number of nitrogens with one attached hydrogen (secondary N) is 3. The van der Waals surface area contributed by atoms with Crippen molar-refractivity contribution in [3.63, 3.8) is 0 Å². The van der Waals surface area contributed by atoms with Crippen LogP contribution in [0.1, 0.15) is 57.6 Å². The SMILES string of the molecule is CN1CCC(OC(=O)Nc2cc(CCCC(=O)NCc3ccc(NC(=O)OC(C)(C)C)cc3)ccc2-c2ccccc2)CC1. The minimum Gasteiger partial charge on any atom is -0.446 e. The predicted octanol–water partition coefficient (Wildman–Crippen LogP) is 6.98. The number of carbonyl (C=O) groups excluding carboxylic acids is 3. The molecule has 1 aliphatic rings. The molecule has 1 saturated heterocycles. The van der Waals surface area contributed by atoms with Crippen LogP contribution in [0.4, 0.5) is 21.0 Å². The van der Waals surface area contributed by atoms with Crippen LogP contribution < -0.4 is 16.0 Å². The van der Waals surface area contributed by atoms with Crippen LogP contribution in [-0.2, 0) is 27.2 Å². The van der Waals surface area contributed by atoms with E-state index in [9.17, 15) is 14.4 Å². The zero-order chi connectivity index (χ0) is 31.5. The number of carbonyl (C=O) groups is 3. The molecule has 0 spiro atoms. The number of rotatable bonds is 10. The predicted molar refractivity (Wildman–Crippen MR) is 174 cm³/mol. The highest BCUT2D eigenvalue weighted by Crippen LogP contribution is 2.30. The molecule has 3 aromatic carbocycles. The number of hydrogen-bond donors (Lipinski definition) is 3. The molecule has 44 heavy (non-hydrogen) atoms. The maximum absolute atomic E-state index is 12.8. The molecule has 0 atom stereocenters. The van der Waals surface area contributed by atoms with Gasteiger partial charge in [-0.2, -0.15) is 0 Å². The zero-order valence-corrected chi connectivity index (χ0v) is 26.2. The topological polar surface area (TPSA) is 109 Å². The van der Waals surface area contributed by atoms with E-state index >= 15 is 0 Å². The van der Waals surface area contributed by atoms with Gasteiger partial charge in [0.2, 0.25) is 5.91 Å². The van der Waals surface area contributed by atoms with E-state index in [2.05, 4.69) is 27.9 Å². The lowest BCUT2D eigenvalue weighted by molar-refractivity contribution is -0.121. The fraction of sp³-hybridized carbons (Fsp3) is 0.400. The van der Waals surface area contributed by atoms with Gasteiger partial charge in [0.25, 0.3) is 0 Å². The molecule has 0 radical (unpaired) electrons. The lowest BCUT2D eigenvalue weighted by atomic mass is 9.99. The van der Waals surface area contributed by atoms with Gasteiger partial charge in [-0.1, -0.05) is 54.6 Å². The van der Waals surface area contributed by atoms with E-state index in [4.69, 9.17) is 9.47 Å². The van der Waals surface area contributed by atoms with Crippen molar-refractivity contribution in [2.75, 3.05) is 30.8 Å². The second kappa shape index (κ2) is 15.4. The Hall–Kier alpha value is -4.37. The lowest BCUT2D eigenvalue weighted by Crippen LogP contribution is -2.36. The molecule has 3 aromatic rings. The molecule has 234 valence electrons. The highest BCUT2D eigenvalue weighted by atomic mass is 16.6. The average Bonchev–Trinajstić information content (AvgIpc) is 2.97. The molecule has 9 heteroatoms. The summed E-state index contributed by atoms with van der Waals surface area (Å²) in [4.78, 5) is 39.6. The third-order valence-electron chi connectivity index (χ3n) is 7.30. The van der Waals surface area contributed by atoms with E-state index in [-0.39, 0.29) is 12.0 Å². The van der Waals surface area contributed by atoms with E-state index in [1.54, 1.807) is 12.1 Å². The van der Waals surface area contributed by atoms with Crippen LogP contribution in [0, 0.1) is 0 Å². The van der Waals surface area contributed by atoms with E-state index in [1.165, 1.54) is 0 Å². The van der Waals surface area contributed by atoms with E-state index in [0.29, 0.717) is 37.2 Å². The third kappa shape index (κ3) is 10.7. The Bertz CT molecular complexity index is 1390. The van der Waals surface area contributed by atoms with Gasteiger partial charge in [0.1, 0.15) is 11.7 Å². The molecule has 1 aliphatic heterocycles. The lowest BCUT2D eigenvalue weighted by Gasteiger charge is -2.28. The molecule has 9 nitrogen and oxygen atoms in total. The first kappa shape index (κ1) is 32.5. The molecule has 3 amide bonds. The smallest absolute Gasteiger partial charge is 0.412 e. The van der Waals surface area contributed by atoms with Crippen LogP contribution in [0.15, 0.2) is 72.8 Å². The zero-order valence-electron chi connectivity index (χ0n) is 26.2. The second-order valence-electron chi connectivity index (χ2n) is 12.2. The first-order valence-electron chi connectivity index (χ1n) is 15.2. The van der Waals surface area contributed by atoms with Gasteiger partial charge in [-0.05, 0) is 88.4 Å². The summed E-state index contributed by atoms with van der Waals surface area (Å²) in [6.45, 7) is 7.65. The third-order valence-corrected chi connectivity index (χ3v) is 7.30. The number of amides is 3. The van der Waals surface area contributed by atoms with Crippen molar-refractivity contribution in [3.05, 3.63) is 83.9 Å². The standard InChI is InChI=1S/C35H44N4O5/c1-35(2,3)44-34(42)37-28-16-13-26(14-17-28)24-36-32(40)12-8-9-25-15-18-30(27-10-6-5-7-11-27)31(23-25)38-33(41)43-29-19-21-39(4)22-20-29/h5-7,10-11,13-18,23,29H,8-9,12,19-22,24H2,1-4H3,(H,36,40)(H,37,42)(H,38,41). The van der Waals surface area contributed by atoms with Gasteiger partial charge < -0.3 is 19.7 Å². The summed E-state index contributed by atoms with van der Waals surface area (Å²) in [5, 5.41) is 8.64. The van der Waals surface area contributed by atoms with Crippen molar-refractivity contribution in [1.82, 2.24) is 10.2 Å². The highest BCUT2D eigenvalue weighted by molar-refractivity contribution is 5.92. The molecule has 0 aliphatic carbocycles. The van der Waals surface area contributed by atoms with Gasteiger partial charge in [0.15, 0.2) is 0 Å². The summed E-state index contributed by atoms with van der Waals surface area (Å²) in [6.07, 6.45) is 2.34. The Morgan fingerprint density at radius 1 is 0.864 bits per heavy atom. The molecule has 1 heterocycles. The first-order valence-corrected chi connectivity index (χ1v) is 15.2. The van der Waals surface area contributed by atoms with Crippen molar-refractivity contribution in [2.45, 2.75) is 71.1 Å². The minimum atomic E-state index is -0.570. The fourth-order valence-corrected chi connectivity index (χ4v) is 4.98. The number of ether oxygens (including phenoxy) is 2. The van der Waals surface area contributed by atoms with Crippen LogP contribution >= 0.6 is 0 Å². The number of hydrogen-bond acceptors (Lipinski definition) is 6. The molecule has 0 unspecified atom stereocenters. The van der Waals surface area contributed by atoms with Crippen molar-refractivity contribution in [3.8, 4) is 11.1 Å². The number of benzene rings is 3. The molecule has 3 N–H and O–H groups in total. The van der Waals surface area contributed by atoms with Gasteiger partial charge >= 0.3 is 12.2 Å². The average molecular weight is 601 g/mol. The molecule has 0 bridgehead atoms. The molecule has 0 aromatic heterocycles. The Kier molecular flexibility index (Phi) is 11.4. The van der Waals surface area contributed by atoms with Gasteiger partial charge in [-0.15, -0.1) is 0 Å². The monoisotopic (exact) mass is 600 g/mol. The van der Waals surface area contributed by atoms with Crippen LogP contribution in [0.25, 0.3) is 11.1 Å². The van der Waals surface area contributed by atoms with Gasteiger partial charge in [-0.3, -0.25) is 15.4 Å². The maximum Gasteiger partial charge on any atom is 0.412 e. The second-order valence-corrected chi connectivity index (χ2v) is 12.2. The molecule has 0 saturated carbocycles. The summed E-state index contributed by atoms with van der Waals surface area (Å²) in [6, 6.07) is 23.2. The molecule has 1 fully saturated rings. The summed E-state index contributed by atoms with van der Waals surface area (Å²) < 4.78 is 11.0. The van der Waals surface area contributed by atoms with Crippen molar-refractivity contribution in [2.24, 2.45) is 0 Å². The van der Waals surface area contributed by atoms with E-state index < -0.39 is 17.8 Å². The van der Waals surface area contributed by atoms with Gasteiger partial charge in [0, 0.05) is 37.3 Å². The Labute approximate surface area is 260 Å². The molecular formula is C35H44N4O5. The number of piperidine rings is 1. The van der Waals surface area contributed by atoms with Crippen LogP contribution in [0.5, 0.6) is 0 Å². The van der Waals surface area contributed by atoms with Crippen molar-refractivity contribution < 1.29 is 23.9 Å². The van der Waals surface area contributed by atoms with E-state index in [0.717, 1.165) is 48.2 Å². The molecule has 4 rings (SSSR count). The van der Waals surface area contributed by atoms with Crippen LogP contribution in [-0.4, -0.2) is 54.8 Å². The quantitative estimate of drug-likeness (QED) is 0.232. The summed E-state index contributed by atoms with van der Waals surface area (Å²) in [7, 11) is 2.07. The molecular weight excluding hydrogens is 556 g/mol. The highest BCUT2D eigenvalue weighted by Gasteiger charge is 2.21. The minimum absolute atomic E-state index is 0.0399. The largest absolute Gasteiger partial charge is 0.446 e. The first-order chi connectivity index (χ1) is 21.0. The summed E-state index contributed by atoms with van der Waals surface area (Å²) in [5.74, 6) is -0.0399. The van der Waals surface area contributed by atoms with Crippen molar-refractivity contribution in [1.29, 1.82) is 0 Å².